The Morgan fingerprint density at radius 1 is 0.575 bits per heavy atom. The monoisotopic (exact) mass is 591 g/mol. The normalized spacial score (nSPS) is 16.4. The van der Waals surface area contributed by atoms with Gasteiger partial charge in [0, 0.05) is 16.9 Å². The average molecular weight is 593 g/mol. The molecule has 0 saturated carbocycles. The SMILES string of the molecule is Cc1cc(C)c(N2[CH-]N(c3ccccc3-c3ccccc3)[C@@H](c3ccccc3)[C@@H]2c2ccccc2)c(C)c1.[Cl][Cu+]. The number of hydrogen-bond acceptors (Lipinski definition) is 2. The molecule has 2 nitrogen and oxygen atoms in total. The van der Waals surface area contributed by atoms with E-state index < -0.39 is 0 Å². The van der Waals surface area contributed by atoms with Crippen molar-refractivity contribution in [2.45, 2.75) is 32.9 Å². The molecule has 0 aliphatic carbocycles. The quantitative estimate of drug-likeness (QED) is 0.148. The molecule has 5 aromatic rings. The van der Waals surface area contributed by atoms with E-state index in [-0.39, 0.29) is 12.1 Å². The third kappa shape index (κ3) is 5.56. The van der Waals surface area contributed by atoms with E-state index in [1.807, 2.05) is 0 Å². The van der Waals surface area contributed by atoms with Crippen LogP contribution in [0, 0.1) is 27.4 Å². The zero-order chi connectivity index (χ0) is 28.1. The summed E-state index contributed by atoms with van der Waals surface area (Å²) in [5.74, 6) is 0. The fourth-order valence-corrected chi connectivity index (χ4v) is 6.12. The first-order valence-corrected chi connectivity index (χ1v) is 14.8. The van der Waals surface area contributed by atoms with Gasteiger partial charge in [-0.05, 0) is 54.7 Å². The van der Waals surface area contributed by atoms with Crippen LogP contribution in [0.4, 0.5) is 11.4 Å². The molecule has 0 N–H and O–H groups in total. The van der Waals surface area contributed by atoms with Crippen molar-refractivity contribution in [3.05, 3.63) is 162 Å². The van der Waals surface area contributed by atoms with Gasteiger partial charge in [0.05, 0.1) is 12.1 Å². The first kappa shape index (κ1) is 28.1. The number of benzene rings is 5. The minimum atomic E-state index is 0.0866. The molecule has 0 unspecified atom stereocenters. The molecular weight excluding hydrogens is 559 g/mol. The topological polar surface area (TPSA) is 6.48 Å². The summed E-state index contributed by atoms with van der Waals surface area (Å²) < 4.78 is 0. The van der Waals surface area contributed by atoms with Crippen molar-refractivity contribution in [3.8, 4) is 11.1 Å². The Labute approximate surface area is 251 Å². The van der Waals surface area contributed by atoms with E-state index in [1.165, 1.54) is 50.3 Å². The van der Waals surface area contributed by atoms with Gasteiger partial charge < -0.3 is 9.80 Å². The molecule has 0 bridgehead atoms. The van der Waals surface area contributed by atoms with Crippen molar-refractivity contribution in [2.75, 3.05) is 9.80 Å². The standard InChI is InChI=1S/C36H33N2.ClH.Cu/c1-26-23-27(2)34(28(3)24-26)38-25-37(33-22-14-13-21-32(33)29-15-7-4-8-16-29)35(30-17-9-5-10-18-30)36(38)31-19-11-6-12-20-31;;/h4-25,35-36H,1-3H3;1H;/q-1;;+2/p-1/t35-,36-;;/m0../s1. The molecule has 0 aromatic heterocycles. The second kappa shape index (κ2) is 12.8. The third-order valence-electron chi connectivity index (χ3n) is 7.59. The summed E-state index contributed by atoms with van der Waals surface area (Å²) in [6.07, 6.45) is 0. The van der Waals surface area contributed by atoms with Gasteiger partial charge in [-0.1, -0.05) is 127 Å². The summed E-state index contributed by atoms with van der Waals surface area (Å²) >= 11 is 3.66. The molecule has 205 valence electrons. The van der Waals surface area contributed by atoms with E-state index in [9.17, 15) is 0 Å². The maximum absolute atomic E-state index is 4.20. The molecule has 0 radical (unpaired) electrons. The van der Waals surface area contributed by atoms with Crippen LogP contribution in [-0.4, -0.2) is 0 Å². The maximum atomic E-state index is 4.20. The number of anilines is 2. The van der Waals surface area contributed by atoms with E-state index in [0.717, 1.165) is 0 Å². The van der Waals surface area contributed by atoms with Gasteiger partial charge in [0.2, 0.25) is 0 Å². The number of nitrogens with zero attached hydrogens (tertiary/aromatic N) is 2. The van der Waals surface area contributed by atoms with Crippen LogP contribution in [-0.2, 0) is 15.1 Å². The Balaban J connectivity index is 0.00000158. The molecular formula is C36H33ClCuN2. The molecule has 0 spiro atoms. The van der Waals surface area contributed by atoms with Crippen LogP contribution in [0.25, 0.3) is 11.1 Å². The molecule has 40 heavy (non-hydrogen) atoms. The molecule has 2 atom stereocenters. The molecule has 4 heteroatoms. The van der Waals surface area contributed by atoms with Gasteiger partial charge in [0.15, 0.2) is 0 Å². The number of hydrogen-bond donors (Lipinski definition) is 0. The molecule has 1 saturated heterocycles. The van der Waals surface area contributed by atoms with Crippen molar-refractivity contribution < 1.29 is 15.1 Å². The number of aryl methyl sites for hydroxylation is 3. The van der Waals surface area contributed by atoms with Crippen molar-refractivity contribution in [1.82, 2.24) is 0 Å². The van der Waals surface area contributed by atoms with Crippen LogP contribution < -0.4 is 9.80 Å². The van der Waals surface area contributed by atoms with Gasteiger partial charge in [-0.25, -0.2) is 0 Å². The molecule has 6 rings (SSSR count). The van der Waals surface area contributed by atoms with Gasteiger partial charge in [-0.15, -0.1) is 0 Å². The molecule has 1 heterocycles. The van der Waals surface area contributed by atoms with Gasteiger partial charge in [-0.2, -0.15) is 6.67 Å². The van der Waals surface area contributed by atoms with E-state index in [1.54, 1.807) is 0 Å². The molecule has 1 aliphatic rings. The van der Waals surface area contributed by atoms with Crippen molar-refractivity contribution in [2.24, 2.45) is 0 Å². The Morgan fingerprint density at radius 2 is 1.02 bits per heavy atom. The Kier molecular flexibility index (Phi) is 8.97. The molecule has 5 aromatic carbocycles. The average Bonchev–Trinajstić information content (AvgIpc) is 3.39. The zero-order valence-electron chi connectivity index (χ0n) is 22.9. The third-order valence-corrected chi connectivity index (χ3v) is 7.59. The summed E-state index contributed by atoms with van der Waals surface area (Å²) in [7, 11) is 4.20. The van der Waals surface area contributed by atoms with Crippen LogP contribution in [0.5, 0.6) is 0 Å². The number of halogens is 1. The van der Waals surface area contributed by atoms with E-state index >= 15 is 0 Å². The second-order valence-electron chi connectivity index (χ2n) is 10.3. The fourth-order valence-electron chi connectivity index (χ4n) is 6.12. The summed E-state index contributed by atoms with van der Waals surface area (Å²) in [6.45, 7) is 9.01. The Bertz CT molecular complexity index is 1520. The van der Waals surface area contributed by atoms with E-state index in [4.69, 9.17) is 0 Å². The van der Waals surface area contributed by atoms with Gasteiger partial charge in [-0.3, -0.25) is 0 Å². The van der Waals surface area contributed by atoms with E-state index in [0.29, 0.717) is 0 Å². The van der Waals surface area contributed by atoms with Crippen LogP contribution in [0.3, 0.4) is 0 Å². The summed E-state index contributed by atoms with van der Waals surface area (Å²) in [6, 6.07) is 46.2. The summed E-state index contributed by atoms with van der Waals surface area (Å²) in [5, 5.41) is 0. The second-order valence-corrected chi connectivity index (χ2v) is 10.3. The Hall–Kier alpha value is -3.49. The van der Waals surface area contributed by atoms with Crippen molar-refractivity contribution in [3.63, 3.8) is 0 Å². The van der Waals surface area contributed by atoms with Crippen LogP contribution in [0.15, 0.2) is 127 Å². The Morgan fingerprint density at radius 3 is 1.57 bits per heavy atom. The number of para-hydroxylation sites is 1. The predicted molar refractivity (Wildman–Crippen MR) is 166 cm³/mol. The van der Waals surface area contributed by atoms with Crippen LogP contribution in [0.2, 0.25) is 0 Å². The van der Waals surface area contributed by atoms with Gasteiger partial charge in [0.1, 0.15) is 0 Å². The number of rotatable bonds is 5. The van der Waals surface area contributed by atoms with Gasteiger partial charge >= 0.3 is 25.2 Å². The van der Waals surface area contributed by atoms with Crippen LogP contribution in [0.1, 0.15) is 39.9 Å². The zero-order valence-corrected chi connectivity index (χ0v) is 24.6. The van der Waals surface area contributed by atoms with Crippen molar-refractivity contribution >= 4 is 21.5 Å². The van der Waals surface area contributed by atoms with Crippen LogP contribution >= 0.6 is 10.1 Å². The van der Waals surface area contributed by atoms with E-state index in [2.05, 4.69) is 190 Å². The first-order valence-electron chi connectivity index (χ1n) is 13.5. The van der Waals surface area contributed by atoms with Crippen molar-refractivity contribution in [1.29, 1.82) is 0 Å². The first-order chi connectivity index (χ1) is 19.6. The molecule has 0 amide bonds. The fraction of sp³-hybridized carbons (Fsp3) is 0.139. The molecule has 1 fully saturated rings. The summed E-state index contributed by atoms with van der Waals surface area (Å²) in [4.78, 5) is 5.01. The minimum absolute atomic E-state index is 0.0866. The molecule has 1 aliphatic heterocycles. The van der Waals surface area contributed by atoms with Gasteiger partial charge in [0.25, 0.3) is 0 Å². The predicted octanol–water partition coefficient (Wildman–Crippen LogP) is 9.89. The summed E-state index contributed by atoms with van der Waals surface area (Å²) in [5.41, 5.74) is 11.4.